The molecule has 1 heterocycles. The number of benzene rings is 2. The van der Waals surface area contributed by atoms with Gasteiger partial charge in [0.05, 0.1) is 18.0 Å². The second kappa shape index (κ2) is 9.02. The lowest BCUT2D eigenvalue weighted by Crippen LogP contribution is -2.67. The summed E-state index contributed by atoms with van der Waals surface area (Å²) in [6.45, 7) is 0.000570. The van der Waals surface area contributed by atoms with Crippen LogP contribution in [0.3, 0.4) is 0 Å². The third-order valence-electron chi connectivity index (χ3n) is 8.67. The number of para-hydroxylation sites is 2. The minimum Gasteiger partial charge on any atom is -0.392 e. The van der Waals surface area contributed by atoms with E-state index in [-0.39, 0.29) is 24.3 Å². The number of hydrogen-bond acceptors (Lipinski definition) is 4. The molecule has 176 valence electrons. The molecule has 0 spiro atoms. The van der Waals surface area contributed by atoms with Crippen LogP contribution in [0.1, 0.15) is 75.3 Å². The second-order valence-corrected chi connectivity index (χ2v) is 10.3. The smallest absolute Gasteiger partial charge is 0.228 e. The summed E-state index contributed by atoms with van der Waals surface area (Å²) >= 11 is 0. The summed E-state index contributed by atoms with van der Waals surface area (Å²) in [6, 6.07) is 16.3. The van der Waals surface area contributed by atoms with E-state index in [1.807, 2.05) is 24.3 Å². The molecule has 0 radical (unpaired) electrons. The van der Waals surface area contributed by atoms with E-state index >= 15 is 0 Å². The maximum atomic E-state index is 14.0. The van der Waals surface area contributed by atoms with Crippen LogP contribution < -0.4 is 16.4 Å². The van der Waals surface area contributed by atoms with Crippen molar-refractivity contribution in [2.45, 2.75) is 76.5 Å². The molecule has 33 heavy (non-hydrogen) atoms. The highest BCUT2D eigenvalue weighted by Crippen LogP contribution is 2.61. The van der Waals surface area contributed by atoms with Crippen molar-refractivity contribution in [3.8, 4) is 0 Å². The fraction of sp³-hybridized carbons (Fsp3) is 0.536. The molecule has 3 aliphatic rings. The molecule has 1 aliphatic heterocycles. The van der Waals surface area contributed by atoms with E-state index in [2.05, 4.69) is 34.9 Å². The Morgan fingerprint density at radius 1 is 0.848 bits per heavy atom. The first-order chi connectivity index (χ1) is 16.1. The van der Waals surface area contributed by atoms with Crippen molar-refractivity contribution in [3.63, 3.8) is 0 Å². The third-order valence-corrected chi connectivity index (χ3v) is 8.67. The van der Waals surface area contributed by atoms with Gasteiger partial charge in [0.15, 0.2) is 0 Å². The topological polar surface area (TPSA) is 87.4 Å². The zero-order chi connectivity index (χ0) is 22.9. The van der Waals surface area contributed by atoms with Crippen molar-refractivity contribution in [2.75, 3.05) is 10.6 Å². The lowest BCUT2D eigenvalue weighted by molar-refractivity contribution is -0.144. The van der Waals surface area contributed by atoms with Crippen LogP contribution in [0.5, 0.6) is 0 Å². The first-order valence-corrected chi connectivity index (χ1v) is 12.8. The Labute approximate surface area is 197 Å². The number of amides is 1. The molecule has 0 saturated heterocycles. The normalized spacial score (nSPS) is 21.1. The molecule has 0 unspecified atom stereocenters. The molecular formula is C28H37N3O2. The first kappa shape index (κ1) is 22.3. The Hall–Kier alpha value is -2.53. The van der Waals surface area contributed by atoms with Crippen LogP contribution in [0.4, 0.5) is 11.4 Å². The Balaban J connectivity index is 1.75. The maximum Gasteiger partial charge on any atom is 0.228 e. The highest BCUT2D eigenvalue weighted by molar-refractivity contribution is 5.89. The van der Waals surface area contributed by atoms with E-state index < -0.39 is 11.1 Å². The Bertz CT molecular complexity index is 932. The molecule has 0 aromatic heterocycles. The van der Waals surface area contributed by atoms with E-state index in [1.165, 1.54) is 12.8 Å². The number of anilines is 2. The van der Waals surface area contributed by atoms with Crippen LogP contribution in [-0.2, 0) is 17.1 Å². The van der Waals surface area contributed by atoms with Crippen molar-refractivity contribution >= 4 is 17.3 Å². The number of nitrogens with one attached hydrogen (secondary N) is 2. The predicted molar refractivity (Wildman–Crippen MR) is 133 cm³/mol. The van der Waals surface area contributed by atoms with Gasteiger partial charge in [-0.05, 0) is 60.8 Å². The first-order valence-electron chi connectivity index (χ1n) is 12.8. The van der Waals surface area contributed by atoms with Gasteiger partial charge in [0, 0.05) is 0 Å². The number of nitrogens with two attached hydrogens (primary N) is 1. The Kier molecular flexibility index (Phi) is 6.09. The van der Waals surface area contributed by atoms with Crippen LogP contribution >= 0.6 is 0 Å². The standard InChI is InChI=1S/C28H37N3O2/c29-26(33)27(21-9-3-1-4-10-21,22-11-5-2-6-12-22)28(23-17-15-20(19-32)16-18-23)30-24-13-7-8-14-25(24)31-28/h7-8,13-18,21-22,30-32H,1-6,9-12,19H2,(H2,29,33). The monoisotopic (exact) mass is 447 g/mol. The molecule has 5 N–H and O–H groups in total. The maximum absolute atomic E-state index is 14.0. The Morgan fingerprint density at radius 2 is 1.33 bits per heavy atom. The SMILES string of the molecule is NC(=O)C(C1CCCCC1)(C1CCCCC1)C1(c2ccc(CO)cc2)Nc2ccccc2N1. The van der Waals surface area contributed by atoms with Crippen molar-refractivity contribution < 1.29 is 9.90 Å². The highest BCUT2D eigenvalue weighted by atomic mass is 16.3. The number of carbonyl (C=O) groups excluding carboxylic acids is 1. The van der Waals surface area contributed by atoms with Crippen LogP contribution in [0, 0.1) is 17.3 Å². The molecule has 2 aromatic carbocycles. The summed E-state index contributed by atoms with van der Waals surface area (Å²) in [5.41, 5.74) is 8.91. The van der Waals surface area contributed by atoms with Crippen molar-refractivity contribution in [2.24, 2.45) is 23.0 Å². The average Bonchev–Trinajstić information content (AvgIpc) is 3.26. The van der Waals surface area contributed by atoms with E-state index in [0.29, 0.717) is 0 Å². The van der Waals surface area contributed by atoms with Crippen molar-refractivity contribution in [3.05, 3.63) is 59.7 Å². The summed E-state index contributed by atoms with van der Waals surface area (Å²) in [5.74, 6) is 0.262. The van der Waals surface area contributed by atoms with Gasteiger partial charge in [-0.25, -0.2) is 0 Å². The number of rotatable bonds is 6. The molecule has 2 aromatic rings. The van der Waals surface area contributed by atoms with Crippen molar-refractivity contribution in [1.29, 1.82) is 0 Å². The second-order valence-electron chi connectivity index (χ2n) is 10.3. The van der Waals surface area contributed by atoms with Gasteiger partial charge in [-0.3, -0.25) is 4.79 Å². The van der Waals surface area contributed by atoms with E-state index in [4.69, 9.17) is 5.73 Å². The van der Waals surface area contributed by atoms with Crippen LogP contribution in [0.25, 0.3) is 0 Å². The van der Waals surface area contributed by atoms with Gasteiger partial charge in [0.2, 0.25) is 5.91 Å². The molecule has 1 amide bonds. The van der Waals surface area contributed by atoms with Gasteiger partial charge >= 0.3 is 0 Å². The molecular weight excluding hydrogens is 410 g/mol. The number of hydrogen-bond donors (Lipinski definition) is 4. The van der Waals surface area contributed by atoms with E-state index in [0.717, 1.165) is 73.9 Å². The molecule has 0 bridgehead atoms. The highest BCUT2D eigenvalue weighted by Gasteiger charge is 2.65. The predicted octanol–water partition coefficient (Wildman–Crippen LogP) is 5.50. The summed E-state index contributed by atoms with van der Waals surface area (Å²) in [6.07, 6.45) is 11.2. The zero-order valence-corrected chi connectivity index (χ0v) is 19.5. The van der Waals surface area contributed by atoms with Gasteiger partial charge in [0.1, 0.15) is 11.1 Å². The van der Waals surface area contributed by atoms with Gasteiger partial charge in [-0.2, -0.15) is 0 Å². The summed E-state index contributed by atoms with van der Waals surface area (Å²) in [5, 5.41) is 17.3. The van der Waals surface area contributed by atoms with Gasteiger partial charge in [-0.15, -0.1) is 0 Å². The zero-order valence-electron chi connectivity index (χ0n) is 19.5. The van der Waals surface area contributed by atoms with E-state index in [1.54, 1.807) is 0 Å². The fourth-order valence-electron chi connectivity index (χ4n) is 7.24. The number of aliphatic hydroxyl groups is 1. The molecule has 5 heteroatoms. The summed E-state index contributed by atoms with van der Waals surface area (Å²) in [7, 11) is 0. The minimum atomic E-state index is -0.819. The minimum absolute atomic E-state index is 0.000570. The quantitative estimate of drug-likeness (QED) is 0.471. The van der Waals surface area contributed by atoms with Crippen LogP contribution in [-0.4, -0.2) is 11.0 Å². The Morgan fingerprint density at radius 3 is 1.76 bits per heavy atom. The number of fused-ring (bicyclic) bond motifs is 1. The third kappa shape index (κ3) is 3.52. The van der Waals surface area contributed by atoms with Crippen LogP contribution in [0.15, 0.2) is 48.5 Å². The summed E-state index contributed by atoms with van der Waals surface area (Å²) in [4.78, 5) is 14.0. The average molecular weight is 448 g/mol. The molecule has 2 fully saturated rings. The van der Waals surface area contributed by atoms with Crippen molar-refractivity contribution in [1.82, 2.24) is 0 Å². The largest absolute Gasteiger partial charge is 0.392 e. The molecule has 2 saturated carbocycles. The number of aliphatic hydroxyl groups excluding tert-OH is 1. The lowest BCUT2D eigenvalue weighted by Gasteiger charge is -2.57. The molecule has 2 aliphatic carbocycles. The molecule has 0 atom stereocenters. The fourth-order valence-corrected chi connectivity index (χ4v) is 7.24. The lowest BCUT2D eigenvalue weighted by atomic mass is 9.51. The number of primary amides is 1. The van der Waals surface area contributed by atoms with Gasteiger partial charge in [-0.1, -0.05) is 74.9 Å². The number of carbonyl (C=O) groups is 1. The van der Waals surface area contributed by atoms with Crippen LogP contribution in [0.2, 0.25) is 0 Å². The molecule has 5 rings (SSSR count). The van der Waals surface area contributed by atoms with Gasteiger partial charge < -0.3 is 21.5 Å². The van der Waals surface area contributed by atoms with Gasteiger partial charge in [0.25, 0.3) is 0 Å². The molecule has 5 nitrogen and oxygen atoms in total. The van der Waals surface area contributed by atoms with E-state index in [9.17, 15) is 9.90 Å². The summed E-state index contributed by atoms with van der Waals surface area (Å²) < 4.78 is 0.